The lowest BCUT2D eigenvalue weighted by Crippen LogP contribution is -2.25. The molecule has 28 heavy (non-hydrogen) atoms. The molecule has 0 spiro atoms. The van der Waals surface area contributed by atoms with Crippen molar-refractivity contribution in [3.05, 3.63) is 59.8 Å². The largest absolute Gasteiger partial charge is 0.390 e. The fraction of sp³-hybridized carbons (Fsp3) is 0.333. The zero-order valence-corrected chi connectivity index (χ0v) is 15.1. The van der Waals surface area contributed by atoms with Crippen LogP contribution in [0.1, 0.15) is 18.2 Å². The predicted octanol–water partition coefficient (Wildman–Crippen LogP) is 2.50. The van der Waals surface area contributed by atoms with Crippen LogP contribution in [0.15, 0.2) is 18.2 Å². The van der Waals surface area contributed by atoms with E-state index in [1.165, 1.54) is 24.6 Å². The summed E-state index contributed by atoms with van der Waals surface area (Å²) in [4.78, 5) is 43.2. The van der Waals surface area contributed by atoms with E-state index in [1.54, 1.807) is 6.92 Å². The van der Waals surface area contributed by atoms with Crippen molar-refractivity contribution in [3.8, 4) is 0 Å². The van der Waals surface area contributed by atoms with Crippen molar-refractivity contribution in [2.75, 3.05) is 5.32 Å². The lowest BCUT2D eigenvalue weighted by Gasteiger charge is -2.12. The molecule has 13 heteroatoms. The number of nitrogens with zero attached hydrogens (tertiary/aromatic N) is 5. The quantitative estimate of drug-likeness (QED) is 0.551. The zero-order valence-electron chi connectivity index (χ0n) is 15.1. The standard InChI is InChI=1S/C15H16N6O7/c1-8(7-18-9(2)4-14(17-18)21(27)28)15(22)16-11-5-12(19(23)24)10(3)13(6-11)20(25)26/h4-6,8H,7H2,1-3H3,(H,16,22). The average Bonchev–Trinajstić information content (AvgIpc) is 2.96. The molecule has 13 nitrogen and oxygen atoms in total. The van der Waals surface area contributed by atoms with Crippen LogP contribution in [0, 0.1) is 50.1 Å². The van der Waals surface area contributed by atoms with E-state index < -0.39 is 38.0 Å². The number of hydrogen-bond donors (Lipinski definition) is 1. The van der Waals surface area contributed by atoms with Gasteiger partial charge in [-0.1, -0.05) is 6.92 Å². The average molecular weight is 392 g/mol. The molecular weight excluding hydrogens is 376 g/mol. The van der Waals surface area contributed by atoms with E-state index in [2.05, 4.69) is 10.4 Å². The Kier molecular flexibility index (Phi) is 5.67. The molecule has 0 radical (unpaired) electrons. The highest BCUT2D eigenvalue weighted by Crippen LogP contribution is 2.32. The van der Waals surface area contributed by atoms with Crippen LogP contribution in [0.2, 0.25) is 0 Å². The van der Waals surface area contributed by atoms with Gasteiger partial charge < -0.3 is 15.4 Å². The second-order valence-corrected chi connectivity index (χ2v) is 6.13. The molecule has 0 aliphatic rings. The molecule has 1 aromatic carbocycles. The zero-order chi connectivity index (χ0) is 21.2. The van der Waals surface area contributed by atoms with Gasteiger partial charge in [-0.2, -0.15) is 4.68 Å². The minimum absolute atomic E-state index is 0.0154. The molecule has 0 bridgehead atoms. The third kappa shape index (κ3) is 4.25. The second-order valence-electron chi connectivity index (χ2n) is 6.13. The van der Waals surface area contributed by atoms with Crippen LogP contribution in [0.3, 0.4) is 0 Å². The lowest BCUT2D eigenvalue weighted by molar-refractivity contribution is -0.395. The van der Waals surface area contributed by atoms with Gasteiger partial charge in [0.15, 0.2) is 0 Å². The van der Waals surface area contributed by atoms with Crippen LogP contribution in [0.5, 0.6) is 0 Å². The number of carbonyl (C=O) groups excluding carboxylic acids is 1. The van der Waals surface area contributed by atoms with E-state index in [0.717, 1.165) is 12.1 Å². The summed E-state index contributed by atoms with van der Waals surface area (Å²) in [5, 5.41) is 39.2. The highest BCUT2D eigenvalue weighted by Gasteiger charge is 2.25. The van der Waals surface area contributed by atoms with Gasteiger partial charge in [-0.05, 0) is 18.8 Å². The van der Waals surface area contributed by atoms with Crippen molar-refractivity contribution in [2.24, 2.45) is 5.92 Å². The van der Waals surface area contributed by atoms with Crippen molar-refractivity contribution >= 4 is 28.8 Å². The van der Waals surface area contributed by atoms with Crippen LogP contribution in [-0.4, -0.2) is 30.5 Å². The van der Waals surface area contributed by atoms with Gasteiger partial charge in [-0.15, -0.1) is 0 Å². The number of amides is 1. The molecule has 148 valence electrons. The maximum absolute atomic E-state index is 12.4. The Bertz CT molecular complexity index is 948. The van der Waals surface area contributed by atoms with Crippen molar-refractivity contribution < 1.29 is 19.6 Å². The third-order valence-electron chi connectivity index (χ3n) is 4.06. The molecule has 0 saturated carbocycles. The summed E-state index contributed by atoms with van der Waals surface area (Å²) in [7, 11) is 0. The Morgan fingerprint density at radius 3 is 2.04 bits per heavy atom. The Hall–Kier alpha value is -3.90. The topological polar surface area (TPSA) is 176 Å². The smallest absolute Gasteiger partial charge is 0.358 e. The minimum atomic E-state index is -0.770. The third-order valence-corrected chi connectivity index (χ3v) is 4.06. The number of aryl methyl sites for hydroxylation is 1. The van der Waals surface area contributed by atoms with Crippen molar-refractivity contribution in [1.29, 1.82) is 0 Å². The molecule has 2 aromatic rings. The first kappa shape index (κ1) is 20.4. The molecule has 1 atom stereocenters. The number of benzene rings is 1. The van der Waals surface area contributed by atoms with E-state index in [-0.39, 0.29) is 23.6 Å². The first-order valence-corrected chi connectivity index (χ1v) is 7.94. The van der Waals surface area contributed by atoms with Gasteiger partial charge in [0.05, 0.1) is 44.9 Å². The van der Waals surface area contributed by atoms with E-state index >= 15 is 0 Å². The normalized spacial score (nSPS) is 11.7. The van der Waals surface area contributed by atoms with Gasteiger partial charge in [-0.25, -0.2) is 0 Å². The van der Waals surface area contributed by atoms with Crippen LogP contribution in [-0.2, 0) is 11.3 Å². The summed E-state index contributed by atoms with van der Waals surface area (Å²) in [6.45, 7) is 4.38. The number of aromatic nitrogens is 2. The second kappa shape index (κ2) is 7.77. The number of nitrogens with one attached hydrogen (secondary N) is 1. The Morgan fingerprint density at radius 1 is 1.07 bits per heavy atom. The first-order chi connectivity index (χ1) is 13.0. The van der Waals surface area contributed by atoms with Gasteiger partial charge in [0.25, 0.3) is 11.4 Å². The fourth-order valence-electron chi connectivity index (χ4n) is 2.51. The van der Waals surface area contributed by atoms with Crippen LogP contribution in [0.25, 0.3) is 0 Å². The van der Waals surface area contributed by atoms with Crippen LogP contribution in [0.4, 0.5) is 22.9 Å². The van der Waals surface area contributed by atoms with Crippen molar-refractivity contribution in [1.82, 2.24) is 9.78 Å². The molecule has 1 heterocycles. The SMILES string of the molecule is Cc1c([N+](=O)[O-])cc(NC(=O)C(C)Cn2nc([N+](=O)[O-])cc2C)cc1[N+](=O)[O-]. The summed E-state index contributed by atoms with van der Waals surface area (Å²) in [5.74, 6) is -1.66. The van der Waals surface area contributed by atoms with Gasteiger partial charge in [-0.3, -0.25) is 25.0 Å². The van der Waals surface area contributed by atoms with E-state index in [1.807, 2.05) is 0 Å². The van der Waals surface area contributed by atoms with E-state index in [0.29, 0.717) is 5.69 Å². The number of nitro groups is 3. The maximum Gasteiger partial charge on any atom is 0.390 e. The first-order valence-electron chi connectivity index (χ1n) is 7.94. The van der Waals surface area contributed by atoms with E-state index in [4.69, 9.17) is 0 Å². The van der Waals surface area contributed by atoms with Crippen LogP contribution >= 0.6 is 0 Å². The predicted molar refractivity (Wildman–Crippen MR) is 95.9 cm³/mol. The summed E-state index contributed by atoms with van der Waals surface area (Å²) in [6, 6.07) is 3.34. The number of anilines is 1. The highest BCUT2D eigenvalue weighted by molar-refractivity contribution is 5.93. The monoisotopic (exact) mass is 392 g/mol. The van der Waals surface area contributed by atoms with Crippen molar-refractivity contribution in [3.63, 3.8) is 0 Å². The lowest BCUT2D eigenvalue weighted by atomic mass is 10.1. The van der Waals surface area contributed by atoms with Crippen LogP contribution < -0.4 is 5.32 Å². The highest BCUT2D eigenvalue weighted by atomic mass is 16.6. The Labute approximate surface area is 157 Å². The van der Waals surface area contributed by atoms with E-state index in [9.17, 15) is 35.1 Å². The summed E-state index contributed by atoms with van der Waals surface area (Å²) < 4.78 is 1.29. The van der Waals surface area contributed by atoms with Gasteiger partial charge in [0.1, 0.15) is 5.56 Å². The molecule has 1 amide bonds. The maximum atomic E-state index is 12.4. The molecule has 1 unspecified atom stereocenters. The number of hydrogen-bond acceptors (Lipinski definition) is 8. The number of nitro benzene ring substituents is 2. The number of rotatable bonds is 7. The molecule has 0 fully saturated rings. The molecule has 0 aliphatic heterocycles. The molecular formula is C15H16N6O7. The fourth-order valence-corrected chi connectivity index (χ4v) is 2.51. The minimum Gasteiger partial charge on any atom is -0.358 e. The molecule has 1 N–H and O–H groups in total. The molecule has 0 saturated heterocycles. The molecule has 0 aliphatic carbocycles. The van der Waals surface area contributed by atoms with Gasteiger partial charge in [0, 0.05) is 12.1 Å². The van der Waals surface area contributed by atoms with Gasteiger partial charge in [0.2, 0.25) is 5.91 Å². The molecule has 1 aromatic heterocycles. The summed E-state index contributed by atoms with van der Waals surface area (Å²) >= 11 is 0. The Morgan fingerprint density at radius 2 is 1.61 bits per heavy atom. The summed E-state index contributed by atoms with van der Waals surface area (Å²) in [6.07, 6.45) is 0. The number of carbonyl (C=O) groups is 1. The van der Waals surface area contributed by atoms with Gasteiger partial charge >= 0.3 is 5.82 Å². The molecule has 2 rings (SSSR count). The summed E-state index contributed by atoms with van der Waals surface area (Å²) in [5.41, 5.74) is -0.719. The Balaban J connectivity index is 2.23. The van der Waals surface area contributed by atoms with Crippen molar-refractivity contribution in [2.45, 2.75) is 27.3 Å².